The van der Waals surface area contributed by atoms with Gasteiger partial charge in [0.05, 0.1) is 11.5 Å². The highest BCUT2D eigenvalue weighted by atomic mass is 32.2. The van der Waals surface area contributed by atoms with Crippen molar-refractivity contribution in [2.24, 2.45) is 0 Å². The average molecular weight is 506 g/mol. The van der Waals surface area contributed by atoms with Gasteiger partial charge < -0.3 is 14.5 Å². The molecular formula is C27H43N3O4S. The minimum atomic E-state index is -3.63. The Kier molecular flexibility index (Phi) is 8.90. The third-order valence-electron chi connectivity index (χ3n) is 7.90. The third kappa shape index (κ3) is 6.27. The Morgan fingerprint density at radius 3 is 2.26 bits per heavy atom. The summed E-state index contributed by atoms with van der Waals surface area (Å²) in [5.41, 5.74) is 2.64. The fourth-order valence-corrected chi connectivity index (χ4v) is 8.40. The van der Waals surface area contributed by atoms with Gasteiger partial charge in [0.25, 0.3) is 0 Å². The zero-order valence-corrected chi connectivity index (χ0v) is 22.6. The van der Waals surface area contributed by atoms with Crippen molar-refractivity contribution < 1.29 is 17.9 Å². The first-order valence-corrected chi connectivity index (χ1v) is 14.9. The van der Waals surface area contributed by atoms with Crippen LogP contribution in [0.1, 0.15) is 68.1 Å². The molecule has 7 nitrogen and oxygen atoms in total. The van der Waals surface area contributed by atoms with Gasteiger partial charge in [-0.2, -0.15) is 4.31 Å². The number of carbonyl (C=O) groups excluding carboxylic acids is 1. The van der Waals surface area contributed by atoms with Gasteiger partial charge in [0, 0.05) is 31.7 Å². The van der Waals surface area contributed by atoms with Crippen LogP contribution in [0.2, 0.25) is 0 Å². The first kappa shape index (κ1) is 26.6. The molecule has 4 rings (SSSR count). The molecule has 35 heavy (non-hydrogen) atoms. The minimum absolute atomic E-state index is 0.0312. The lowest BCUT2D eigenvalue weighted by molar-refractivity contribution is -0.137. The van der Waals surface area contributed by atoms with E-state index in [0.717, 1.165) is 75.0 Å². The SMILES string of the molecule is Cc1cc(C)c(S(=O)(=O)N2CCCCC2COCC(=O)N2CCCC2CN2CCCCC2)c(C)c1. The maximum absolute atomic E-state index is 13.7. The molecule has 0 bridgehead atoms. The molecule has 0 saturated carbocycles. The molecule has 3 saturated heterocycles. The van der Waals surface area contributed by atoms with E-state index in [2.05, 4.69) is 4.90 Å². The van der Waals surface area contributed by atoms with Crippen LogP contribution in [0.3, 0.4) is 0 Å². The number of aryl methyl sites for hydroxylation is 3. The van der Waals surface area contributed by atoms with Crippen molar-refractivity contribution in [3.8, 4) is 0 Å². The lowest BCUT2D eigenvalue weighted by Crippen LogP contribution is -2.48. The van der Waals surface area contributed by atoms with Crippen molar-refractivity contribution in [3.05, 3.63) is 28.8 Å². The highest BCUT2D eigenvalue weighted by Crippen LogP contribution is 2.30. The predicted molar refractivity (Wildman–Crippen MR) is 138 cm³/mol. The summed E-state index contributed by atoms with van der Waals surface area (Å²) in [6.07, 6.45) is 8.53. The van der Waals surface area contributed by atoms with E-state index in [1.54, 1.807) is 4.31 Å². The van der Waals surface area contributed by atoms with Crippen molar-refractivity contribution in [2.75, 3.05) is 45.9 Å². The third-order valence-corrected chi connectivity index (χ3v) is 10.2. The molecule has 0 N–H and O–H groups in total. The Morgan fingerprint density at radius 2 is 1.54 bits per heavy atom. The number of likely N-dealkylation sites (tertiary alicyclic amines) is 2. The van der Waals surface area contributed by atoms with Gasteiger partial charge in [-0.1, -0.05) is 30.5 Å². The number of sulfonamides is 1. The Labute approximate surface area is 211 Å². The highest BCUT2D eigenvalue weighted by Gasteiger charge is 2.36. The van der Waals surface area contributed by atoms with Crippen molar-refractivity contribution in [1.82, 2.24) is 14.1 Å². The molecule has 0 spiro atoms. The first-order chi connectivity index (χ1) is 16.8. The van der Waals surface area contributed by atoms with Crippen molar-refractivity contribution in [3.63, 3.8) is 0 Å². The number of rotatable bonds is 8. The molecule has 3 fully saturated rings. The summed E-state index contributed by atoms with van der Waals surface area (Å²) in [6, 6.07) is 3.92. The van der Waals surface area contributed by atoms with Gasteiger partial charge in [-0.15, -0.1) is 0 Å². The fourth-order valence-electron chi connectivity index (χ4n) is 6.31. The number of ether oxygens (including phenoxy) is 1. The minimum Gasteiger partial charge on any atom is -0.370 e. The molecule has 1 aromatic carbocycles. The Bertz CT molecular complexity index is 967. The zero-order chi connectivity index (χ0) is 25.0. The molecule has 196 valence electrons. The largest absolute Gasteiger partial charge is 0.370 e. The normalized spacial score (nSPS) is 24.7. The van der Waals surface area contributed by atoms with Crippen LogP contribution >= 0.6 is 0 Å². The van der Waals surface area contributed by atoms with Crippen LogP contribution in [0.25, 0.3) is 0 Å². The fraction of sp³-hybridized carbons (Fsp3) is 0.741. The van der Waals surface area contributed by atoms with E-state index in [9.17, 15) is 13.2 Å². The number of amides is 1. The number of nitrogens with zero attached hydrogens (tertiary/aromatic N) is 3. The molecule has 0 aliphatic carbocycles. The van der Waals surface area contributed by atoms with Crippen LogP contribution in [-0.2, 0) is 19.6 Å². The number of piperidine rings is 2. The number of carbonyl (C=O) groups is 1. The summed E-state index contributed by atoms with van der Waals surface area (Å²) < 4.78 is 34.9. The van der Waals surface area contributed by atoms with Gasteiger partial charge in [-0.05, 0) is 83.5 Å². The molecule has 2 unspecified atom stereocenters. The molecule has 3 heterocycles. The maximum Gasteiger partial charge on any atom is 0.248 e. The van der Waals surface area contributed by atoms with Gasteiger partial charge in [0.2, 0.25) is 15.9 Å². The standard InChI is InChI=1S/C27H43N3O4S/c1-21-16-22(2)27(23(3)17-21)35(32,33)30-15-8-5-10-25(30)19-34-20-26(31)29-14-9-11-24(29)18-28-12-6-4-7-13-28/h16-17,24-25H,4-15,18-20H2,1-3H3. The van der Waals surface area contributed by atoms with Crippen LogP contribution in [0.15, 0.2) is 17.0 Å². The number of hydrogen-bond acceptors (Lipinski definition) is 5. The Morgan fingerprint density at radius 1 is 0.886 bits per heavy atom. The maximum atomic E-state index is 13.7. The lowest BCUT2D eigenvalue weighted by atomic mass is 10.1. The van der Waals surface area contributed by atoms with Crippen LogP contribution in [0.5, 0.6) is 0 Å². The second kappa shape index (κ2) is 11.7. The van der Waals surface area contributed by atoms with E-state index in [0.29, 0.717) is 11.4 Å². The second-order valence-electron chi connectivity index (χ2n) is 10.8. The zero-order valence-electron chi connectivity index (χ0n) is 21.8. The first-order valence-electron chi connectivity index (χ1n) is 13.5. The van der Waals surface area contributed by atoms with Crippen LogP contribution < -0.4 is 0 Å². The molecule has 3 aliphatic rings. The molecule has 1 aromatic rings. The number of benzene rings is 1. The summed E-state index contributed by atoms with van der Waals surface area (Å²) >= 11 is 0. The lowest BCUT2D eigenvalue weighted by Gasteiger charge is -2.35. The highest BCUT2D eigenvalue weighted by molar-refractivity contribution is 7.89. The van der Waals surface area contributed by atoms with E-state index < -0.39 is 10.0 Å². The summed E-state index contributed by atoms with van der Waals surface area (Å²) in [7, 11) is -3.63. The molecule has 0 aromatic heterocycles. The summed E-state index contributed by atoms with van der Waals surface area (Å²) in [5.74, 6) is 0.0416. The van der Waals surface area contributed by atoms with E-state index in [4.69, 9.17) is 4.74 Å². The van der Waals surface area contributed by atoms with Crippen molar-refractivity contribution in [1.29, 1.82) is 0 Å². The summed E-state index contributed by atoms with van der Waals surface area (Å²) in [5, 5.41) is 0. The van der Waals surface area contributed by atoms with E-state index in [1.165, 1.54) is 19.3 Å². The number of hydrogen-bond donors (Lipinski definition) is 0. The predicted octanol–water partition coefficient (Wildman–Crippen LogP) is 3.65. The summed E-state index contributed by atoms with van der Waals surface area (Å²) in [6.45, 7) is 10.6. The van der Waals surface area contributed by atoms with E-state index in [-0.39, 0.29) is 31.2 Å². The smallest absolute Gasteiger partial charge is 0.248 e. The van der Waals surface area contributed by atoms with Gasteiger partial charge in [0.1, 0.15) is 6.61 Å². The molecule has 2 atom stereocenters. The topological polar surface area (TPSA) is 70.2 Å². The van der Waals surface area contributed by atoms with Crippen molar-refractivity contribution >= 4 is 15.9 Å². The van der Waals surface area contributed by atoms with Gasteiger partial charge >= 0.3 is 0 Å². The van der Waals surface area contributed by atoms with Crippen molar-refractivity contribution in [2.45, 2.75) is 89.1 Å². The van der Waals surface area contributed by atoms with Gasteiger partial charge in [0.15, 0.2) is 0 Å². The monoisotopic (exact) mass is 505 g/mol. The van der Waals surface area contributed by atoms with Gasteiger partial charge in [-0.3, -0.25) is 4.79 Å². The quantitative estimate of drug-likeness (QED) is 0.539. The molecular weight excluding hydrogens is 462 g/mol. The van der Waals surface area contributed by atoms with Crippen LogP contribution in [0, 0.1) is 20.8 Å². The average Bonchev–Trinajstić information content (AvgIpc) is 3.27. The van der Waals surface area contributed by atoms with Gasteiger partial charge in [-0.25, -0.2) is 8.42 Å². The van der Waals surface area contributed by atoms with E-state index >= 15 is 0 Å². The van der Waals surface area contributed by atoms with Crippen LogP contribution in [-0.4, -0.2) is 86.5 Å². The van der Waals surface area contributed by atoms with Crippen LogP contribution in [0.4, 0.5) is 0 Å². The van der Waals surface area contributed by atoms with E-state index in [1.807, 2.05) is 37.8 Å². The Balaban J connectivity index is 1.35. The Hall–Kier alpha value is -1.48. The molecule has 3 aliphatic heterocycles. The molecule has 1 amide bonds. The molecule has 8 heteroatoms. The summed E-state index contributed by atoms with van der Waals surface area (Å²) in [4.78, 5) is 17.9. The molecule has 0 radical (unpaired) electrons. The second-order valence-corrected chi connectivity index (χ2v) is 12.6.